The van der Waals surface area contributed by atoms with E-state index in [4.69, 9.17) is 5.73 Å². The monoisotopic (exact) mass is 237 g/mol. The second kappa shape index (κ2) is 3.64. The fourth-order valence-electron chi connectivity index (χ4n) is 1.73. The van der Waals surface area contributed by atoms with Crippen LogP contribution >= 0.6 is 15.9 Å². The molecule has 0 aliphatic heterocycles. The number of benzene rings is 1. The predicted molar refractivity (Wildman–Crippen MR) is 59.5 cm³/mol. The van der Waals surface area contributed by atoms with E-state index in [1.807, 2.05) is 0 Å². The Morgan fingerprint density at radius 3 is 3.00 bits per heavy atom. The highest BCUT2D eigenvalue weighted by molar-refractivity contribution is 9.10. The van der Waals surface area contributed by atoms with E-state index >= 15 is 0 Å². The smallest absolute Gasteiger partial charge is 0.0178 e. The van der Waals surface area contributed by atoms with Crippen LogP contribution in [0.1, 0.15) is 17.5 Å². The molecule has 1 aromatic carbocycles. The van der Waals surface area contributed by atoms with Crippen molar-refractivity contribution in [3.8, 4) is 0 Å². The molecule has 2 N–H and O–H groups in total. The van der Waals surface area contributed by atoms with Crippen LogP contribution in [0.15, 0.2) is 28.2 Å². The first kappa shape index (κ1) is 8.97. The van der Waals surface area contributed by atoms with Gasteiger partial charge in [0.25, 0.3) is 0 Å². The third-order valence-corrected chi connectivity index (χ3v) is 2.84. The van der Waals surface area contributed by atoms with E-state index < -0.39 is 0 Å². The molecular weight excluding hydrogens is 226 g/mol. The summed E-state index contributed by atoms with van der Waals surface area (Å²) in [5.41, 5.74) is 9.75. The molecule has 0 aromatic heterocycles. The maximum absolute atomic E-state index is 5.52. The predicted octanol–water partition coefficient (Wildman–Crippen LogP) is 2.74. The zero-order valence-electron chi connectivity index (χ0n) is 7.39. The summed E-state index contributed by atoms with van der Waals surface area (Å²) in [4.78, 5) is 0. The molecule has 1 nitrogen and oxygen atoms in total. The van der Waals surface area contributed by atoms with Crippen LogP contribution in [0.3, 0.4) is 0 Å². The van der Waals surface area contributed by atoms with Crippen LogP contribution in [-0.2, 0) is 6.42 Å². The Kier molecular flexibility index (Phi) is 2.51. The molecule has 1 aliphatic rings. The molecule has 13 heavy (non-hydrogen) atoms. The molecule has 0 bridgehead atoms. The van der Waals surface area contributed by atoms with Crippen molar-refractivity contribution in [3.63, 3.8) is 0 Å². The Morgan fingerprint density at radius 2 is 2.23 bits per heavy atom. The Bertz CT molecular complexity index is 355. The summed E-state index contributed by atoms with van der Waals surface area (Å²) < 4.78 is 1.16. The van der Waals surface area contributed by atoms with Crippen molar-refractivity contribution in [2.45, 2.75) is 12.8 Å². The van der Waals surface area contributed by atoms with Crippen molar-refractivity contribution in [2.24, 2.45) is 5.73 Å². The molecule has 1 aliphatic carbocycles. The number of rotatable bonds is 2. The van der Waals surface area contributed by atoms with Crippen LogP contribution in [0.5, 0.6) is 0 Å². The van der Waals surface area contributed by atoms with Gasteiger partial charge in [-0.15, -0.1) is 0 Å². The van der Waals surface area contributed by atoms with Gasteiger partial charge in [-0.2, -0.15) is 0 Å². The maximum atomic E-state index is 5.52. The highest BCUT2D eigenvalue weighted by Crippen LogP contribution is 2.28. The second-order valence-corrected chi connectivity index (χ2v) is 4.28. The second-order valence-electron chi connectivity index (χ2n) is 3.36. The lowest BCUT2D eigenvalue weighted by Crippen LogP contribution is -1.99. The maximum Gasteiger partial charge on any atom is 0.0178 e. The van der Waals surface area contributed by atoms with Gasteiger partial charge in [-0.05, 0) is 42.6 Å². The first-order chi connectivity index (χ1) is 6.29. The van der Waals surface area contributed by atoms with Gasteiger partial charge in [-0.3, -0.25) is 0 Å². The highest BCUT2D eigenvalue weighted by Gasteiger charge is 2.11. The Labute approximate surface area is 86.8 Å². The molecule has 0 unspecified atom stereocenters. The number of halogens is 1. The molecule has 0 fully saturated rings. The molecule has 0 heterocycles. The first-order valence-corrected chi connectivity index (χ1v) is 5.27. The van der Waals surface area contributed by atoms with Gasteiger partial charge >= 0.3 is 0 Å². The van der Waals surface area contributed by atoms with Crippen LogP contribution < -0.4 is 5.73 Å². The third kappa shape index (κ3) is 1.84. The zero-order valence-corrected chi connectivity index (χ0v) is 8.97. The first-order valence-electron chi connectivity index (χ1n) is 4.47. The van der Waals surface area contributed by atoms with Crippen LogP contribution in [-0.4, -0.2) is 6.54 Å². The van der Waals surface area contributed by atoms with Crippen molar-refractivity contribution in [3.05, 3.63) is 39.4 Å². The summed E-state index contributed by atoms with van der Waals surface area (Å²) in [5, 5.41) is 0. The lowest BCUT2D eigenvalue weighted by Gasteiger charge is -1.99. The van der Waals surface area contributed by atoms with Crippen LogP contribution in [0.25, 0.3) is 6.08 Å². The topological polar surface area (TPSA) is 26.0 Å². The minimum atomic E-state index is 0.751. The van der Waals surface area contributed by atoms with Gasteiger partial charge in [0.05, 0.1) is 0 Å². The number of fused-ring (bicyclic) bond motifs is 1. The van der Waals surface area contributed by atoms with E-state index in [9.17, 15) is 0 Å². The van der Waals surface area contributed by atoms with Gasteiger partial charge in [0.2, 0.25) is 0 Å². The SMILES string of the molecule is NCCC1=Cc2ccc(Br)cc2C1. The molecular formula is C11H12BrN. The molecule has 0 amide bonds. The van der Waals surface area contributed by atoms with Gasteiger partial charge in [0.1, 0.15) is 0 Å². The van der Waals surface area contributed by atoms with E-state index in [0.717, 1.165) is 23.9 Å². The van der Waals surface area contributed by atoms with Crippen molar-refractivity contribution < 1.29 is 0 Å². The fraction of sp³-hybridized carbons (Fsp3) is 0.273. The zero-order chi connectivity index (χ0) is 9.26. The van der Waals surface area contributed by atoms with Crippen LogP contribution in [0.4, 0.5) is 0 Å². The van der Waals surface area contributed by atoms with E-state index in [0.29, 0.717) is 0 Å². The molecule has 0 radical (unpaired) electrons. The highest BCUT2D eigenvalue weighted by atomic mass is 79.9. The summed E-state index contributed by atoms with van der Waals surface area (Å²) in [5.74, 6) is 0. The lowest BCUT2D eigenvalue weighted by molar-refractivity contribution is 0.927. The summed E-state index contributed by atoms with van der Waals surface area (Å²) in [6.07, 6.45) is 4.35. The number of nitrogens with two attached hydrogens (primary N) is 1. The quantitative estimate of drug-likeness (QED) is 0.842. The molecule has 68 valence electrons. The van der Waals surface area contributed by atoms with Crippen molar-refractivity contribution in [1.82, 2.24) is 0 Å². The van der Waals surface area contributed by atoms with Crippen molar-refractivity contribution in [2.75, 3.05) is 6.54 Å². The Hall–Kier alpha value is -0.600. The molecule has 1 aromatic rings. The largest absolute Gasteiger partial charge is 0.330 e. The van der Waals surface area contributed by atoms with E-state index in [2.05, 4.69) is 40.2 Å². The minimum Gasteiger partial charge on any atom is -0.330 e. The van der Waals surface area contributed by atoms with E-state index in [1.165, 1.54) is 16.7 Å². The molecule has 0 saturated heterocycles. The number of hydrogen-bond donors (Lipinski definition) is 1. The summed E-state index contributed by atoms with van der Waals surface area (Å²) in [6, 6.07) is 6.43. The molecule has 0 saturated carbocycles. The van der Waals surface area contributed by atoms with E-state index in [1.54, 1.807) is 0 Å². The van der Waals surface area contributed by atoms with E-state index in [-0.39, 0.29) is 0 Å². The Balaban J connectivity index is 2.25. The minimum absolute atomic E-state index is 0.751. The van der Waals surface area contributed by atoms with Crippen molar-refractivity contribution >= 4 is 22.0 Å². The van der Waals surface area contributed by atoms with Crippen molar-refractivity contribution in [1.29, 1.82) is 0 Å². The molecule has 0 spiro atoms. The van der Waals surface area contributed by atoms with Gasteiger partial charge in [-0.1, -0.05) is 33.6 Å². The normalized spacial score (nSPS) is 14.2. The molecule has 0 atom stereocenters. The van der Waals surface area contributed by atoms with Gasteiger partial charge in [-0.25, -0.2) is 0 Å². The third-order valence-electron chi connectivity index (χ3n) is 2.35. The number of hydrogen-bond acceptors (Lipinski definition) is 1. The van der Waals surface area contributed by atoms with Gasteiger partial charge in [0, 0.05) is 4.47 Å². The standard InChI is InChI=1S/C11H12BrN/c12-11-2-1-9-5-8(3-4-13)6-10(9)7-11/h1-2,5,7H,3-4,6,13H2. The summed E-state index contributed by atoms with van der Waals surface area (Å²) >= 11 is 3.48. The van der Waals surface area contributed by atoms with Gasteiger partial charge < -0.3 is 5.73 Å². The van der Waals surface area contributed by atoms with Crippen LogP contribution in [0, 0.1) is 0 Å². The summed E-state index contributed by atoms with van der Waals surface area (Å²) in [6.45, 7) is 0.751. The molecule has 2 rings (SSSR count). The lowest BCUT2D eigenvalue weighted by atomic mass is 10.1. The van der Waals surface area contributed by atoms with Gasteiger partial charge in [0.15, 0.2) is 0 Å². The average molecular weight is 238 g/mol. The summed E-state index contributed by atoms with van der Waals surface area (Å²) in [7, 11) is 0. The average Bonchev–Trinajstić information content (AvgIpc) is 2.46. The van der Waals surface area contributed by atoms with Crippen LogP contribution in [0.2, 0.25) is 0 Å². The fourth-order valence-corrected chi connectivity index (χ4v) is 2.14. The molecule has 2 heteroatoms. The Morgan fingerprint density at radius 1 is 1.38 bits per heavy atom.